The van der Waals surface area contributed by atoms with E-state index in [4.69, 9.17) is 14.6 Å². The van der Waals surface area contributed by atoms with Gasteiger partial charge in [0.05, 0.1) is 0 Å². The molecule has 4 rings (SSSR count). The third-order valence-electron chi connectivity index (χ3n) is 6.67. The van der Waals surface area contributed by atoms with Gasteiger partial charge in [-0.05, 0) is 62.9 Å². The maximum absolute atomic E-state index is 12.6. The van der Waals surface area contributed by atoms with Crippen LogP contribution in [0.1, 0.15) is 67.6 Å². The molecule has 1 saturated heterocycles. The molecule has 34 heavy (non-hydrogen) atoms. The van der Waals surface area contributed by atoms with E-state index in [0.717, 1.165) is 41.7 Å². The number of benzene rings is 1. The van der Waals surface area contributed by atoms with Crippen molar-refractivity contribution < 1.29 is 29.0 Å². The number of piperidine rings is 1. The molecule has 0 radical (unpaired) electrons. The van der Waals surface area contributed by atoms with Crippen LogP contribution in [-0.2, 0) is 9.59 Å². The molecule has 2 N–H and O–H groups in total. The van der Waals surface area contributed by atoms with Crippen molar-refractivity contribution in [2.24, 2.45) is 5.92 Å². The number of hydrogen-bond donors (Lipinski definition) is 2. The van der Waals surface area contributed by atoms with Gasteiger partial charge in [-0.1, -0.05) is 26.3 Å². The fourth-order valence-electron chi connectivity index (χ4n) is 4.69. The molecule has 1 aromatic heterocycles. The van der Waals surface area contributed by atoms with E-state index in [1.807, 2.05) is 19.1 Å². The Kier molecular flexibility index (Phi) is 8.45. The van der Waals surface area contributed by atoms with E-state index in [9.17, 15) is 14.4 Å². The van der Waals surface area contributed by atoms with E-state index in [1.165, 1.54) is 36.9 Å². The standard InChI is InChI=1S/C23H29NO2.C4H4O4/c1-4-15(2)23(25)18-8-9-21-20(14-18)22(16(3)26-21)17-10-12-24-11-6-5-7-19(24)13-17;5-3(6)1-2-4(7)8/h8-10,14-15,19H,4-7,11-13H2,1-3H3;1-2H,(H,5,6)(H,7,8)/b;2-1+. The molecule has 2 aliphatic rings. The third kappa shape index (κ3) is 6.03. The number of ketones is 1. The van der Waals surface area contributed by atoms with Crippen molar-refractivity contribution in [3.05, 3.63) is 53.3 Å². The number of Topliss-reactive ketones (excluding diaryl/α,β-unsaturated/α-hetero) is 1. The Bertz CT molecular complexity index is 1110. The molecule has 0 spiro atoms. The minimum absolute atomic E-state index is 0.0635. The normalized spacial score (nSPS) is 19.1. The minimum atomic E-state index is -1.26. The summed E-state index contributed by atoms with van der Waals surface area (Å²) in [5.41, 5.74) is 4.33. The molecule has 2 unspecified atom stereocenters. The number of nitrogens with zero attached hydrogens (tertiary/aromatic N) is 1. The summed E-state index contributed by atoms with van der Waals surface area (Å²) >= 11 is 0. The Hall–Kier alpha value is -3.19. The van der Waals surface area contributed by atoms with Crippen molar-refractivity contribution in [2.45, 2.75) is 58.9 Å². The van der Waals surface area contributed by atoms with Crippen LogP contribution in [0.4, 0.5) is 0 Å². The first-order chi connectivity index (χ1) is 16.2. The van der Waals surface area contributed by atoms with Crippen LogP contribution in [0.2, 0.25) is 0 Å². The lowest BCUT2D eigenvalue weighted by Crippen LogP contribution is -2.41. The summed E-state index contributed by atoms with van der Waals surface area (Å²) in [7, 11) is 0. The zero-order valence-corrected chi connectivity index (χ0v) is 20.0. The number of aliphatic carboxylic acids is 2. The van der Waals surface area contributed by atoms with Crippen LogP contribution in [0, 0.1) is 12.8 Å². The van der Waals surface area contributed by atoms with Gasteiger partial charge in [-0.25, -0.2) is 9.59 Å². The Labute approximate surface area is 199 Å². The highest BCUT2D eigenvalue weighted by molar-refractivity contribution is 6.03. The molecule has 2 aliphatic heterocycles. The van der Waals surface area contributed by atoms with Crippen LogP contribution in [0.5, 0.6) is 0 Å². The number of carboxylic acid groups (broad SMARTS) is 2. The van der Waals surface area contributed by atoms with E-state index >= 15 is 0 Å². The van der Waals surface area contributed by atoms with E-state index in [0.29, 0.717) is 18.2 Å². The number of carbonyl (C=O) groups excluding carboxylic acids is 1. The van der Waals surface area contributed by atoms with Gasteiger partial charge in [0.25, 0.3) is 0 Å². The van der Waals surface area contributed by atoms with Gasteiger partial charge in [0.15, 0.2) is 5.78 Å². The number of hydrogen-bond acceptors (Lipinski definition) is 5. The molecule has 0 aliphatic carbocycles. The number of rotatable bonds is 6. The van der Waals surface area contributed by atoms with Crippen LogP contribution in [-0.4, -0.2) is 52.0 Å². The van der Waals surface area contributed by atoms with Gasteiger partial charge >= 0.3 is 11.9 Å². The van der Waals surface area contributed by atoms with Crippen molar-refractivity contribution in [3.63, 3.8) is 0 Å². The molecule has 7 heteroatoms. The van der Waals surface area contributed by atoms with Crippen LogP contribution in [0.25, 0.3) is 16.5 Å². The Morgan fingerprint density at radius 2 is 1.88 bits per heavy atom. The third-order valence-corrected chi connectivity index (χ3v) is 6.67. The molecule has 2 atom stereocenters. The van der Waals surface area contributed by atoms with Gasteiger partial charge < -0.3 is 14.6 Å². The zero-order valence-electron chi connectivity index (χ0n) is 20.0. The van der Waals surface area contributed by atoms with Gasteiger partial charge in [-0.2, -0.15) is 0 Å². The van der Waals surface area contributed by atoms with Gasteiger partial charge in [0.2, 0.25) is 0 Å². The summed E-state index contributed by atoms with van der Waals surface area (Å²) < 4.78 is 6.04. The van der Waals surface area contributed by atoms with E-state index in [-0.39, 0.29) is 11.7 Å². The molecule has 0 saturated carbocycles. The molecular formula is C27H33NO6. The predicted molar refractivity (Wildman–Crippen MR) is 131 cm³/mol. The van der Waals surface area contributed by atoms with Crippen molar-refractivity contribution in [1.29, 1.82) is 0 Å². The SMILES string of the molecule is CCC(C)C(=O)c1ccc2oc(C)c(C3=CCN4CCCCC4C3)c2c1.O=C(O)/C=C/C(=O)O. The molecule has 1 fully saturated rings. The topological polar surface area (TPSA) is 108 Å². The zero-order chi connectivity index (χ0) is 24.8. The average molecular weight is 468 g/mol. The molecule has 7 nitrogen and oxygen atoms in total. The monoisotopic (exact) mass is 467 g/mol. The molecular weight excluding hydrogens is 434 g/mol. The van der Waals surface area contributed by atoms with E-state index in [1.54, 1.807) is 0 Å². The summed E-state index contributed by atoms with van der Waals surface area (Å²) in [5, 5.41) is 16.7. The summed E-state index contributed by atoms with van der Waals surface area (Å²) in [6.07, 6.45) is 9.42. The Balaban J connectivity index is 0.000000350. The van der Waals surface area contributed by atoms with Crippen molar-refractivity contribution in [3.8, 4) is 0 Å². The Morgan fingerprint density at radius 3 is 2.53 bits per heavy atom. The lowest BCUT2D eigenvalue weighted by Gasteiger charge is -2.38. The molecule has 0 bridgehead atoms. The lowest BCUT2D eigenvalue weighted by molar-refractivity contribution is -0.134. The predicted octanol–water partition coefficient (Wildman–Crippen LogP) is 5.32. The summed E-state index contributed by atoms with van der Waals surface area (Å²) in [6.45, 7) is 8.40. The first-order valence-corrected chi connectivity index (χ1v) is 11.9. The van der Waals surface area contributed by atoms with Crippen molar-refractivity contribution in [2.75, 3.05) is 13.1 Å². The van der Waals surface area contributed by atoms with Crippen LogP contribution in [0.15, 0.2) is 40.8 Å². The van der Waals surface area contributed by atoms with E-state index < -0.39 is 11.9 Å². The molecule has 182 valence electrons. The van der Waals surface area contributed by atoms with Gasteiger partial charge in [0, 0.05) is 47.2 Å². The fraction of sp³-hybridized carbons (Fsp3) is 0.444. The number of furan rings is 1. The minimum Gasteiger partial charge on any atom is -0.478 e. The number of fused-ring (bicyclic) bond motifs is 2. The van der Waals surface area contributed by atoms with Gasteiger partial charge in [-0.3, -0.25) is 9.69 Å². The number of carbonyl (C=O) groups is 3. The lowest BCUT2D eigenvalue weighted by atomic mass is 9.87. The fourth-order valence-corrected chi connectivity index (χ4v) is 4.69. The Morgan fingerprint density at radius 1 is 1.18 bits per heavy atom. The van der Waals surface area contributed by atoms with E-state index in [2.05, 4.69) is 30.9 Å². The summed E-state index contributed by atoms with van der Waals surface area (Å²) in [6, 6.07) is 6.61. The highest BCUT2D eigenvalue weighted by atomic mass is 16.4. The summed E-state index contributed by atoms with van der Waals surface area (Å²) in [5.74, 6) is -1.24. The van der Waals surface area contributed by atoms with Crippen LogP contribution < -0.4 is 0 Å². The molecule has 3 heterocycles. The molecule has 1 aromatic carbocycles. The average Bonchev–Trinajstić information content (AvgIpc) is 3.16. The maximum atomic E-state index is 12.6. The first kappa shape index (κ1) is 25.4. The van der Waals surface area contributed by atoms with Crippen LogP contribution in [0.3, 0.4) is 0 Å². The number of carboxylic acids is 2. The first-order valence-electron chi connectivity index (χ1n) is 11.9. The quantitative estimate of drug-likeness (QED) is 0.437. The molecule has 2 aromatic rings. The highest BCUT2D eigenvalue weighted by Gasteiger charge is 2.28. The highest BCUT2D eigenvalue weighted by Crippen LogP contribution is 2.38. The second kappa shape index (κ2) is 11.3. The van der Waals surface area contributed by atoms with Crippen LogP contribution >= 0.6 is 0 Å². The van der Waals surface area contributed by atoms with Crippen molar-refractivity contribution in [1.82, 2.24) is 4.90 Å². The van der Waals surface area contributed by atoms with Crippen molar-refractivity contribution >= 4 is 34.3 Å². The smallest absolute Gasteiger partial charge is 0.328 e. The number of aryl methyl sites for hydroxylation is 1. The second-order valence-electron chi connectivity index (χ2n) is 9.01. The summed E-state index contributed by atoms with van der Waals surface area (Å²) in [4.78, 5) is 34.4. The maximum Gasteiger partial charge on any atom is 0.328 e. The van der Waals surface area contributed by atoms with Gasteiger partial charge in [-0.15, -0.1) is 0 Å². The largest absolute Gasteiger partial charge is 0.478 e. The molecule has 0 amide bonds. The second-order valence-corrected chi connectivity index (χ2v) is 9.01. The van der Waals surface area contributed by atoms with Gasteiger partial charge in [0.1, 0.15) is 11.3 Å².